The maximum atomic E-state index is 8.84. The Hall–Kier alpha value is -1.18. The van der Waals surface area contributed by atoms with Gasteiger partial charge in [-0.05, 0) is 31.5 Å². The van der Waals surface area contributed by atoms with Crippen LogP contribution in [0, 0.1) is 11.3 Å². The zero-order valence-corrected chi connectivity index (χ0v) is 11.0. The quantitative estimate of drug-likeness (QED) is 0.845. The van der Waals surface area contributed by atoms with E-state index in [4.69, 9.17) is 16.9 Å². The van der Waals surface area contributed by atoms with E-state index in [2.05, 4.69) is 23.3 Å². The average Bonchev–Trinajstić information content (AvgIpc) is 2.32. The number of benzene rings is 1. The lowest BCUT2D eigenvalue weighted by atomic mass is 10.2. The van der Waals surface area contributed by atoms with Crippen molar-refractivity contribution in [3.63, 3.8) is 0 Å². The number of rotatable bonds is 1. The Morgan fingerprint density at radius 3 is 3.12 bits per heavy atom. The molecule has 17 heavy (non-hydrogen) atoms. The molecule has 0 amide bonds. The first kappa shape index (κ1) is 12.3. The number of hydrogen-bond donors (Lipinski definition) is 1. The van der Waals surface area contributed by atoms with Crippen molar-refractivity contribution < 1.29 is 0 Å². The van der Waals surface area contributed by atoms with Gasteiger partial charge in [0.05, 0.1) is 28.4 Å². The van der Waals surface area contributed by atoms with Crippen LogP contribution in [0.1, 0.15) is 18.9 Å². The van der Waals surface area contributed by atoms with Crippen LogP contribution < -0.4 is 5.32 Å². The summed E-state index contributed by atoms with van der Waals surface area (Å²) in [6.45, 7) is 2.09. The molecular weight excluding hydrogens is 254 g/mol. The van der Waals surface area contributed by atoms with Crippen LogP contribution in [0.15, 0.2) is 23.2 Å². The van der Waals surface area contributed by atoms with Crippen LogP contribution in [0.5, 0.6) is 0 Å². The number of nitrogens with one attached hydrogen (secondary N) is 1. The minimum absolute atomic E-state index is 0.344. The smallest absolute Gasteiger partial charge is 0.161 e. The molecule has 0 radical (unpaired) electrons. The Morgan fingerprint density at radius 2 is 2.41 bits per heavy atom. The van der Waals surface area contributed by atoms with E-state index in [1.54, 1.807) is 30.0 Å². The van der Waals surface area contributed by atoms with Gasteiger partial charge in [-0.25, -0.2) is 0 Å². The van der Waals surface area contributed by atoms with E-state index in [9.17, 15) is 0 Å². The molecule has 1 atom stereocenters. The van der Waals surface area contributed by atoms with Crippen molar-refractivity contribution >= 4 is 34.2 Å². The number of aliphatic imine (C=N–C) groups is 1. The van der Waals surface area contributed by atoms with Crippen LogP contribution in [0.2, 0.25) is 5.02 Å². The fourth-order valence-electron chi connectivity index (χ4n) is 1.50. The van der Waals surface area contributed by atoms with Gasteiger partial charge in [0.15, 0.2) is 5.17 Å². The molecule has 0 fully saturated rings. The summed E-state index contributed by atoms with van der Waals surface area (Å²) in [7, 11) is 0. The summed E-state index contributed by atoms with van der Waals surface area (Å²) in [5.41, 5.74) is 1.33. The van der Waals surface area contributed by atoms with Crippen LogP contribution in [0.3, 0.4) is 0 Å². The lowest BCUT2D eigenvalue weighted by Crippen LogP contribution is -2.18. The summed E-state index contributed by atoms with van der Waals surface area (Å²) in [5.74, 6) is 1.06. The van der Waals surface area contributed by atoms with Crippen LogP contribution in [-0.4, -0.2) is 17.0 Å². The van der Waals surface area contributed by atoms with Gasteiger partial charge in [0.1, 0.15) is 0 Å². The van der Waals surface area contributed by atoms with Gasteiger partial charge in [-0.3, -0.25) is 4.99 Å². The first-order chi connectivity index (χ1) is 8.19. The van der Waals surface area contributed by atoms with E-state index in [1.165, 1.54) is 0 Å². The van der Waals surface area contributed by atoms with E-state index < -0.39 is 0 Å². The normalized spacial score (nSPS) is 19.4. The van der Waals surface area contributed by atoms with Gasteiger partial charge in [-0.15, -0.1) is 0 Å². The summed E-state index contributed by atoms with van der Waals surface area (Å²) in [4.78, 5) is 4.50. The van der Waals surface area contributed by atoms with Crippen molar-refractivity contribution in [1.82, 2.24) is 0 Å². The topological polar surface area (TPSA) is 48.2 Å². The molecule has 88 valence electrons. The predicted octanol–water partition coefficient (Wildman–Crippen LogP) is 3.50. The Labute approximate surface area is 110 Å². The first-order valence-corrected chi connectivity index (χ1v) is 6.72. The summed E-state index contributed by atoms with van der Waals surface area (Å²) in [6, 6.07) is 7.60. The molecule has 5 heteroatoms. The van der Waals surface area contributed by atoms with Crippen LogP contribution in [0.25, 0.3) is 0 Å². The molecule has 0 bridgehead atoms. The number of amidine groups is 1. The second-order valence-corrected chi connectivity index (χ2v) is 5.34. The van der Waals surface area contributed by atoms with Gasteiger partial charge in [0, 0.05) is 5.75 Å². The van der Waals surface area contributed by atoms with Crippen molar-refractivity contribution in [3.8, 4) is 6.07 Å². The Kier molecular flexibility index (Phi) is 3.93. The zero-order chi connectivity index (χ0) is 12.3. The predicted molar refractivity (Wildman–Crippen MR) is 73.8 cm³/mol. The molecule has 1 heterocycles. The van der Waals surface area contributed by atoms with Gasteiger partial charge in [0.25, 0.3) is 0 Å². The van der Waals surface area contributed by atoms with Crippen molar-refractivity contribution in [2.45, 2.75) is 19.4 Å². The lowest BCUT2D eigenvalue weighted by Gasteiger charge is -2.18. The van der Waals surface area contributed by atoms with Crippen LogP contribution in [-0.2, 0) is 0 Å². The summed E-state index contributed by atoms with van der Waals surface area (Å²) in [5, 5.41) is 13.5. The van der Waals surface area contributed by atoms with Crippen molar-refractivity contribution in [3.05, 3.63) is 28.8 Å². The highest BCUT2D eigenvalue weighted by atomic mass is 35.5. The number of halogens is 1. The van der Waals surface area contributed by atoms with E-state index in [1.807, 2.05) is 0 Å². The summed E-state index contributed by atoms with van der Waals surface area (Å²) < 4.78 is 0. The van der Waals surface area contributed by atoms with E-state index in [-0.39, 0.29) is 0 Å². The van der Waals surface area contributed by atoms with Crippen LogP contribution in [0.4, 0.5) is 5.69 Å². The van der Waals surface area contributed by atoms with Gasteiger partial charge in [-0.2, -0.15) is 5.26 Å². The van der Waals surface area contributed by atoms with E-state index in [0.29, 0.717) is 16.6 Å². The molecule has 1 aliphatic rings. The molecule has 1 aromatic carbocycles. The molecule has 1 N–H and O–H groups in total. The molecule has 3 nitrogen and oxygen atoms in total. The molecule has 2 rings (SSSR count). The number of nitriles is 1. The van der Waals surface area contributed by atoms with E-state index in [0.717, 1.165) is 23.0 Å². The molecule has 0 aliphatic carbocycles. The third-order valence-electron chi connectivity index (χ3n) is 2.45. The Morgan fingerprint density at radius 1 is 1.59 bits per heavy atom. The fourth-order valence-corrected chi connectivity index (χ4v) is 2.76. The highest BCUT2D eigenvalue weighted by Crippen LogP contribution is 2.26. The molecule has 0 saturated carbocycles. The highest BCUT2D eigenvalue weighted by Gasteiger charge is 2.13. The molecule has 1 aromatic rings. The molecule has 1 aliphatic heterocycles. The standard InChI is InChI=1S/C12H12ClN3S/c1-8-4-5-17-12(15-8)16-11-6-9(7-14)2-3-10(11)13/h2-3,6,8H,4-5H2,1H3,(H,15,16). The van der Waals surface area contributed by atoms with Gasteiger partial charge < -0.3 is 5.32 Å². The van der Waals surface area contributed by atoms with E-state index >= 15 is 0 Å². The number of thioether (sulfide) groups is 1. The SMILES string of the molecule is CC1CCSC(Nc2cc(C#N)ccc2Cl)=N1. The summed E-state index contributed by atoms with van der Waals surface area (Å²) in [6.07, 6.45) is 1.10. The number of hydrogen-bond acceptors (Lipinski definition) is 4. The average molecular weight is 266 g/mol. The third kappa shape index (κ3) is 3.15. The molecule has 0 saturated heterocycles. The van der Waals surface area contributed by atoms with Gasteiger partial charge >= 0.3 is 0 Å². The van der Waals surface area contributed by atoms with Crippen LogP contribution >= 0.6 is 23.4 Å². The third-order valence-corrected chi connectivity index (χ3v) is 3.70. The number of nitrogens with zero attached hydrogens (tertiary/aromatic N) is 2. The second kappa shape index (κ2) is 5.44. The maximum Gasteiger partial charge on any atom is 0.161 e. The fraction of sp³-hybridized carbons (Fsp3) is 0.333. The van der Waals surface area contributed by atoms with Gasteiger partial charge in [-0.1, -0.05) is 23.4 Å². The van der Waals surface area contributed by atoms with Crippen molar-refractivity contribution in [2.75, 3.05) is 11.1 Å². The minimum atomic E-state index is 0.344. The van der Waals surface area contributed by atoms with Crippen molar-refractivity contribution in [2.24, 2.45) is 4.99 Å². The highest BCUT2D eigenvalue weighted by molar-refractivity contribution is 8.14. The largest absolute Gasteiger partial charge is 0.334 e. The maximum absolute atomic E-state index is 8.84. The van der Waals surface area contributed by atoms with Crippen molar-refractivity contribution in [1.29, 1.82) is 5.26 Å². The Bertz CT molecular complexity index is 493. The molecule has 1 unspecified atom stereocenters. The summed E-state index contributed by atoms with van der Waals surface area (Å²) >= 11 is 7.75. The molecular formula is C12H12ClN3S. The minimum Gasteiger partial charge on any atom is -0.334 e. The Balaban J connectivity index is 2.21. The first-order valence-electron chi connectivity index (χ1n) is 5.36. The zero-order valence-electron chi connectivity index (χ0n) is 9.40. The van der Waals surface area contributed by atoms with Gasteiger partial charge in [0.2, 0.25) is 0 Å². The molecule has 0 spiro atoms. The monoisotopic (exact) mass is 265 g/mol. The second-order valence-electron chi connectivity index (χ2n) is 3.85. The lowest BCUT2D eigenvalue weighted by molar-refractivity contribution is 0.720. The number of anilines is 1. The molecule has 0 aromatic heterocycles.